The maximum Gasteiger partial charge on any atom is 0.149 e. The Kier molecular flexibility index (Phi) is 3.12. The molecule has 3 rings (SSSR count). The van der Waals surface area contributed by atoms with Gasteiger partial charge in [-0.3, -0.25) is 4.68 Å². The smallest absolute Gasteiger partial charge is 0.149 e. The average Bonchev–Trinajstić information content (AvgIpc) is 2.88. The standard InChI is InChI=1S/C16H15F2N3/c1-9(2)21-8-12-11(4-3-5-15(12)20-21)10-6-13(17)16(19)14(18)7-10/h3-9H,19H2,1-2H3. The molecule has 0 saturated heterocycles. The van der Waals surface area contributed by atoms with E-state index in [0.717, 1.165) is 16.5 Å². The van der Waals surface area contributed by atoms with E-state index in [1.165, 1.54) is 12.1 Å². The van der Waals surface area contributed by atoms with Gasteiger partial charge in [-0.25, -0.2) is 8.78 Å². The van der Waals surface area contributed by atoms with Crippen molar-refractivity contribution in [2.24, 2.45) is 0 Å². The molecule has 3 aromatic rings. The van der Waals surface area contributed by atoms with E-state index in [1.54, 1.807) is 0 Å². The van der Waals surface area contributed by atoms with Gasteiger partial charge >= 0.3 is 0 Å². The molecule has 0 spiro atoms. The first kappa shape index (κ1) is 13.5. The number of aromatic nitrogens is 2. The van der Waals surface area contributed by atoms with E-state index in [9.17, 15) is 8.78 Å². The zero-order chi connectivity index (χ0) is 15.1. The van der Waals surface area contributed by atoms with Gasteiger partial charge in [-0.2, -0.15) is 5.10 Å². The molecule has 108 valence electrons. The van der Waals surface area contributed by atoms with Crippen molar-refractivity contribution in [2.45, 2.75) is 19.9 Å². The summed E-state index contributed by atoms with van der Waals surface area (Å²) in [6, 6.07) is 8.23. The van der Waals surface area contributed by atoms with Crippen LogP contribution in [0.5, 0.6) is 0 Å². The molecular formula is C16H15F2N3. The van der Waals surface area contributed by atoms with Crippen molar-refractivity contribution in [3.63, 3.8) is 0 Å². The van der Waals surface area contributed by atoms with Gasteiger partial charge in [-0.05, 0) is 43.2 Å². The van der Waals surface area contributed by atoms with Crippen LogP contribution in [0.2, 0.25) is 0 Å². The van der Waals surface area contributed by atoms with E-state index in [4.69, 9.17) is 5.73 Å². The minimum absolute atomic E-state index is 0.213. The normalized spacial score (nSPS) is 11.5. The summed E-state index contributed by atoms with van der Waals surface area (Å²) < 4.78 is 29.2. The Morgan fingerprint density at radius 1 is 1.14 bits per heavy atom. The maximum absolute atomic E-state index is 13.7. The SMILES string of the molecule is CC(C)n1cc2c(-c3cc(F)c(N)c(F)c3)cccc2n1. The second-order valence-corrected chi connectivity index (χ2v) is 5.29. The van der Waals surface area contributed by atoms with Crippen LogP contribution in [0.1, 0.15) is 19.9 Å². The fourth-order valence-corrected chi connectivity index (χ4v) is 2.32. The molecule has 0 atom stereocenters. The van der Waals surface area contributed by atoms with Crippen LogP contribution in [0.15, 0.2) is 36.5 Å². The summed E-state index contributed by atoms with van der Waals surface area (Å²) in [5, 5.41) is 5.32. The molecule has 0 fully saturated rings. The van der Waals surface area contributed by atoms with Gasteiger partial charge in [0.25, 0.3) is 0 Å². The third-order valence-corrected chi connectivity index (χ3v) is 3.49. The number of benzene rings is 2. The monoisotopic (exact) mass is 287 g/mol. The van der Waals surface area contributed by atoms with E-state index in [2.05, 4.69) is 5.10 Å². The van der Waals surface area contributed by atoms with E-state index in [0.29, 0.717) is 5.56 Å². The molecular weight excluding hydrogens is 272 g/mol. The molecule has 0 bridgehead atoms. The summed E-state index contributed by atoms with van der Waals surface area (Å²) in [5.41, 5.74) is 6.84. The predicted octanol–water partition coefficient (Wildman–Crippen LogP) is 4.14. The number of anilines is 1. The molecule has 1 aromatic heterocycles. The first-order valence-electron chi connectivity index (χ1n) is 6.70. The van der Waals surface area contributed by atoms with E-state index < -0.39 is 17.3 Å². The quantitative estimate of drug-likeness (QED) is 0.720. The molecule has 0 unspecified atom stereocenters. The first-order valence-corrected chi connectivity index (χ1v) is 6.70. The van der Waals surface area contributed by atoms with Gasteiger partial charge in [-0.15, -0.1) is 0 Å². The predicted molar refractivity (Wildman–Crippen MR) is 79.9 cm³/mol. The van der Waals surface area contributed by atoms with Crippen molar-refractivity contribution in [1.82, 2.24) is 9.78 Å². The summed E-state index contributed by atoms with van der Waals surface area (Å²) in [6.07, 6.45) is 1.89. The highest BCUT2D eigenvalue weighted by Crippen LogP contribution is 2.31. The Balaban J connectivity index is 2.25. The van der Waals surface area contributed by atoms with Crippen LogP contribution < -0.4 is 5.73 Å². The minimum Gasteiger partial charge on any atom is -0.394 e. The highest BCUT2D eigenvalue weighted by Gasteiger charge is 2.13. The fourth-order valence-electron chi connectivity index (χ4n) is 2.32. The zero-order valence-corrected chi connectivity index (χ0v) is 11.8. The summed E-state index contributed by atoms with van der Waals surface area (Å²) in [5.74, 6) is -1.50. The van der Waals surface area contributed by atoms with Crippen molar-refractivity contribution < 1.29 is 8.78 Å². The van der Waals surface area contributed by atoms with Crippen molar-refractivity contribution in [3.05, 3.63) is 48.2 Å². The highest BCUT2D eigenvalue weighted by molar-refractivity contribution is 5.94. The lowest BCUT2D eigenvalue weighted by molar-refractivity contribution is 0.537. The number of nitrogens with two attached hydrogens (primary N) is 1. The van der Waals surface area contributed by atoms with E-state index >= 15 is 0 Å². The fraction of sp³-hybridized carbons (Fsp3) is 0.188. The average molecular weight is 287 g/mol. The molecule has 0 radical (unpaired) electrons. The molecule has 2 N–H and O–H groups in total. The number of nitrogen functional groups attached to an aromatic ring is 1. The van der Waals surface area contributed by atoms with Crippen LogP contribution in [0.25, 0.3) is 22.0 Å². The molecule has 0 aliphatic heterocycles. The first-order chi connectivity index (χ1) is 9.97. The van der Waals surface area contributed by atoms with Crippen molar-refractivity contribution >= 4 is 16.6 Å². The highest BCUT2D eigenvalue weighted by atomic mass is 19.1. The molecule has 1 heterocycles. The molecule has 0 amide bonds. The summed E-state index contributed by atoms with van der Waals surface area (Å²) in [7, 11) is 0. The molecule has 21 heavy (non-hydrogen) atoms. The maximum atomic E-state index is 13.7. The van der Waals surface area contributed by atoms with Crippen molar-refractivity contribution in [2.75, 3.05) is 5.73 Å². The largest absolute Gasteiger partial charge is 0.394 e. The van der Waals surface area contributed by atoms with Crippen LogP contribution in [-0.4, -0.2) is 9.78 Å². The third-order valence-electron chi connectivity index (χ3n) is 3.49. The van der Waals surface area contributed by atoms with Crippen LogP contribution in [0, 0.1) is 11.6 Å². The number of fused-ring (bicyclic) bond motifs is 1. The summed E-state index contributed by atoms with van der Waals surface area (Å²) in [4.78, 5) is 0. The number of halogens is 2. The van der Waals surface area contributed by atoms with Crippen LogP contribution in [0.3, 0.4) is 0 Å². The number of hydrogen-bond donors (Lipinski definition) is 1. The van der Waals surface area contributed by atoms with E-state index in [1.807, 2.05) is 42.9 Å². The Labute approximate surface area is 121 Å². The molecule has 0 saturated carbocycles. The second kappa shape index (κ2) is 4.84. The molecule has 3 nitrogen and oxygen atoms in total. The van der Waals surface area contributed by atoms with E-state index in [-0.39, 0.29) is 6.04 Å². The van der Waals surface area contributed by atoms with Gasteiger partial charge in [0.05, 0.1) is 5.52 Å². The lowest BCUT2D eigenvalue weighted by Crippen LogP contribution is -1.99. The van der Waals surface area contributed by atoms with Crippen molar-refractivity contribution in [1.29, 1.82) is 0 Å². The number of nitrogens with zero attached hydrogens (tertiary/aromatic N) is 2. The van der Waals surface area contributed by atoms with Crippen LogP contribution in [0.4, 0.5) is 14.5 Å². The van der Waals surface area contributed by atoms with Gasteiger partial charge in [0.1, 0.15) is 17.3 Å². The van der Waals surface area contributed by atoms with Gasteiger partial charge in [0.2, 0.25) is 0 Å². The Morgan fingerprint density at radius 3 is 2.43 bits per heavy atom. The summed E-state index contributed by atoms with van der Waals surface area (Å²) >= 11 is 0. The minimum atomic E-state index is -0.752. The third kappa shape index (κ3) is 2.24. The van der Waals surface area contributed by atoms with Crippen LogP contribution >= 0.6 is 0 Å². The lowest BCUT2D eigenvalue weighted by atomic mass is 10.0. The molecule has 0 aliphatic rings. The van der Waals surface area contributed by atoms with Gasteiger partial charge in [-0.1, -0.05) is 12.1 Å². The topological polar surface area (TPSA) is 43.8 Å². The lowest BCUT2D eigenvalue weighted by Gasteiger charge is -2.06. The second-order valence-electron chi connectivity index (χ2n) is 5.29. The van der Waals surface area contributed by atoms with Gasteiger partial charge < -0.3 is 5.73 Å². The zero-order valence-electron chi connectivity index (χ0n) is 11.8. The van der Waals surface area contributed by atoms with Crippen molar-refractivity contribution in [3.8, 4) is 11.1 Å². The summed E-state index contributed by atoms with van der Waals surface area (Å²) in [6.45, 7) is 4.04. The van der Waals surface area contributed by atoms with Gasteiger partial charge in [0.15, 0.2) is 0 Å². The van der Waals surface area contributed by atoms with Crippen LogP contribution in [-0.2, 0) is 0 Å². The number of rotatable bonds is 2. The molecule has 5 heteroatoms. The Morgan fingerprint density at radius 2 is 1.81 bits per heavy atom. The molecule has 2 aromatic carbocycles. The van der Waals surface area contributed by atoms with Gasteiger partial charge in [0, 0.05) is 17.6 Å². The Hall–Kier alpha value is -2.43. The number of hydrogen-bond acceptors (Lipinski definition) is 2. The molecule has 0 aliphatic carbocycles. The Bertz CT molecular complexity index is 798.